The molecule has 1 aromatic rings. The highest BCUT2D eigenvalue weighted by atomic mass is 16.5. The van der Waals surface area contributed by atoms with Gasteiger partial charge >= 0.3 is 0 Å². The molecule has 0 aromatic heterocycles. The minimum absolute atomic E-state index is 0.604. The summed E-state index contributed by atoms with van der Waals surface area (Å²) in [6.45, 7) is 4.24. The molecule has 2 rings (SSSR count). The van der Waals surface area contributed by atoms with Crippen molar-refractivity contribution in [1.29, 1.82) is 0 Å². The molecule has 106 valence electrons. The Bertz CT molecular complexity index is 408. The smallest absolute Gasteiger partial charge is 0.203 e. The molecule has 1 fully saturated rings. The van der Waals surface area contributed by atoms with Gasteiger partial charge in [0.2, 0.25) is 5.75 Å². The monoisotopic (exact) mass is 265 g/mol. The summed E-state index contributed by atoms with van der Waals surface area (Å²) in [5.41, 5.74) is 1.28. The average Bonchev–Trinajstić information content (AvgIpc) is 3.22. The van der Waals surface area contributed by atoms with Crippen LogP contribution in [0.25, 0.3) is 0 Å². The average molecular weight is 265 g/mol. The number of ether oxygens (including phenoxy) is 3. The van der Waals surface area contributed by atoms with Gasteiger partial charge in [-0.2, -0.15) is 0 Å². The molecular weight excluding hydrogens is 242 g/mol. The van der Waals surface area contributed by atoms with Gasteiger partial charge in [-0.05, 0) is 49.0 Å². The van der Waals surface area contributed by atoms with E-state index in [1.54, 1.807) is 21.3 Å². The fourth-order valence-electron chi connectivity index (χ4n) is 2.53. The summed E-state index contributed by atoms with van der Waals surface area (Å²) in [4.78, 5) is 0. The van der Waals surface area contributed by atoms with Crippen LogP contribution in [0, 0.1) is 5.92 Å². The molecule has 1 aliphatic carbocycles. The van der Waals surface area contributed by atoms with Crippen molar-refractivity contribution in [2.75, 3.05) is 34.4 Å². The van der Waals surface area contributed by atoms with Crippen molar-refractivity contribution < 1.29 is 14.2 Å². The predicted molar refractivity (Wildman–Crippen MR) is 75.5 cm³/mol. The van der Waals surface area contributed by atoms with Crippen molar-refractivity contribution in [2.45, 2.75) is 19.3 Å². The van der Waals surface area contributed by atoms with E-state index in [1.165, 1.54) is 12.0 Å². The summed E-state index contributed by atoms with van der Waals surface area (Å²) in [5.74, 6) is 3.48. The van der Waals surface area contributed by atoms with Gasteiger partial charge in [-0.25, -0.2) is 0 Å². The lowest BCUT2D eigenvalue weighted by Crippen LogP contribution is -2.16. The van der Waals surface area contributed by atoms with E-state index in [2.05, 4.69) is 24.4 Å². The zero-order valence-electron chi connectivity index (χ0n) is 12.2. The van der Waals surface area contributed by atoms with Gasteiger partial charge < -0.3 is 19.5 Å². The molecule has 19 heavy (non-hydrogen) atoms. The van der Waals surface area contributed by atoms with E-state index in [9.17, 15) is 0 Å². The first-order chi connectivity index (χ1) is 9.24. The first-order valence-electron chi connectivity index (χ1n) is 6.75. The van der Waals surface area contributed by atoms with Crippen molar-refractivity contribution >= 4 is 0 Å². The highest BCUT2D eigenvalue weighted by Crippen LogP contribution is 2.50. The van der Waals surface area contributed by atoms with E-state index < -0.39 is 0 Å². The van der Waals surface area contributed by atoms with E-state index in [0.29, 0.717) is 11.7 Å². The van der Waals surface area contributed by atoms with Gasteiger partial charge in [0.15, 0.2) is 11.5 Å². The summed E-state index contributed by atoms with van der Waals surface area (Å²) in [6, 6.07) is 4.13. The van der Waals surface area contributed by atoms with E-state index in [4.69, 9.17) is 14.2 Å². The molecule has 4 nitrogen and oxygen atoms in total. The Morgan fingerprint density at radius 2 is 1.74 bits per heavy atom. The highest BCUT2D eigenvalue weighted by molar-refractivity contribution is 5.55. The third-order valence-corrected chi connectivity index (χ3v) is 3.69. The largest absolute Gasteiger partial charge is 0.493 e. The maximum atomic E-state index is 5.39. The molecule has 4 heteroatoms. The molecule has 0 radical (unpaired) electrons. The first kappa shape index (κ1) is 14.0. The Labute approximate surface area is 115 Å². The molecule has 2 atom stereocenters. The van der Waals surface area contributed by atoms with Crippen molar-refractivity contribution in [1.82, 2.24) is 5.32 Å². The molecule has 1 aromatic carbocycles. The van der Waals surface area contributed by atoms with E-state index >= 15 is 0 Å². The topological polar surface area (TPSA) is 39.7 Å². The summed E-state index contributed by atoms with van der Waals surface area (Å²) >= 11 is 0. The fourth-order valence-corrected chi connectivity index (χ4v) is 2.53. The number of benzene rings is 1. The van der Waals surface area contributed by atoms with Crippen LogP contribution in [-0.2, 0) is 0 Å². The third-order valence-electron chi connectivity index (χ3n) is 3.69. The number of hydrogen-bond acceptors (Lipinski definition) is 4. The van der Waals surface area contributed by atoms with Gasteiger partial charge in [0.1, 0.15) is 0 Å². The van der Waals surface area contributed by atoms with E-state index in [0.717, 1.165) is 30.5 Å². The minimum atomic E-state index is 0.604. The Hall–Kier alpha value is -1.42. The maximum Gasteiger partial charge on any atom is 0.203 e. The van der Waals surface area contributed by atoms with Crippen LogP contribution >= 0.6 is 0 Å². The second-order valence-corrected chi connectivity index (χ2v) is 4.87. The van der Waals surface area contributed by atoms with Gasteiger partial charge in [0.25, 0.3) is 0 Å². The Kier molecular flexibility index (Phi) is 4.53. The molecular formula is C15H23NO3. The number of methoxy groups -OCH3 is 3. The van der Waals surface area contributed by atoms with Crippen molar-refractivity contribution in [2.24, 2.45) is 5.92 Å². The summed E-state index contributed by atoms with van der Waals surface area (Å²) in [7, 11) is 4.94. The summed E-state index contributed by atoms with van der Waals surface area (Å²) < 4.78 is 16.1. The normalized spacial score (nSPS) is 21.1. The Morgan fingerprint density at radius 3 is 2.21 bits per heavy atom. The molecule has 0 saturated heterocycles. The second-order valence-electron chi connectivity index (χ2n) is 4.87. The molecule has 1 saturated carbocycles. The van der Waals surface area contributed by atoms with Crippen LogP contribution in [0.5, 0.6) is 17.2 Å². The molecule has 2 unspecified atom stereocenters. The number of hydrogen-bond donors (Lipinski definition) is 1. The molecule has 0 aliphatic heterocycles. The second kappa shape index (κ2) is 6.15. The molecule has 0 bridgehead atoms. The first-order valence-corrected chi connectivity index (χ1v) is 6.75. The standard InChI is InChI=1S/C15H23NO3/c1-5-16-9-11-6-12(11)10-7-13(17-2)15(19-4)14(8-10)18-3/h7-8,11-12,16H,5-6,9H2,1-4H3. The Balaban J connectivity index is 2.18. The fraction of sp³-hybridized carbons (Fsp3) is 0.600. The minimum Gasteiger partial charge on any atom is -0.493 e. The summed E-state index contributed by atoms with van der Waals surface area (Å²) in [6.07, 6.45) is 1.23. The van der Waals surface area contributed by atoms with Crippen LogP contribution in [-0.4, -0.2) is 34.4 Å². The zero-order chi connectivity index (χ0) is 13.8. The van der Waals surface area contributed by atoms with Gasteiger partial charge in [0.05, 0.1) is 21.3 Å². The van der Waals surface area contributed by atoms with Gasteiger partial charge in [0, 0.05) is 0 Å². The number of rotatable bonds is 7. The lowest BCUT2D eigenvalue weighted by atomic mass is 10.1. The van der Waals surface area contributed by atoms with Crippen LogP contribution in [0.4, 0.5) is 0 Å². The van der Waals surface area contributed by atoms with Crippen molar-refractivity contribution in [3.05, 3.63) is 17.7 Å². The predicted octanol–water partition coefficient (Wildman–Crippen LogP) is 2.43. The van der Waals surface area contributed by atoms with Crippen LogP contribution in [0.15, 0.2) is 12.1 Å². The quantitative estimate of drug-likeness (QED) is 0.822. The van der Waals surface area contributed by atoms with Crippen molar-refractivity contribution in [3.8, 4) is 17.2 Å². The molecule has 1 N–H and O–H groups in total. The van der Waals surface area contributed by atoms with Gasteiger partial charge in [-0.15, -0.1) is 0 Å². The number of nitrogens with one attached hydrogen (secondary N) is 1. The Morgan fingerprint density at radius 1 is 1.11 bits per heavy atom. The van der Waals surface area contributed by atoms with Crippen molar-refractivity contribution in [3.63, 3.8) is 0 Å². The van der Waals surface area contributed by atoms with E-state index in [1.807, 2.05) is 0 Å². The van der Waals surface area contributed by atoms with Crippen LogP contribution in [0.1, 0.15) is 24.8 Å². The highest BCUT2D eigenvalue weighted by Gasteiger charge is 2.38. The molecule has 0 heterocycles. The van der Waals surface area contributed by atoms with Crippen LogP contribution in [0.2, 0.25) is 0 Å². The SMILES string of the molecule is CCNCC1CC1c1cc(OC)c(OC)c(OC)c1. The molecule has 0 amide bonds. The maximum absolute atomic E-state index is 5.39. The molecule has 0 spiro atoms. The van der Waals surface area contributed by atoms with Crippen LogP contribution in [0.3, 0.4) is 0 Å². The van der Waals surface area contributed by atoms with E-state index in [-0.39, 0.29) is 0 Å². The summed E-state index contributed by atoms with van der Waals surface area (Å²) in [5, 5.41) is 3.40. The zero-order valence-corrected chi connectivity index (χ0v) is 12.2. The lowest BCUT2D eigenvalue weighted by molar-refractivity contribution is 0.323. The third kappa shape index (κ3) is 2.95. The lowest BCUT2D eigenvalue weighted by Gasteiger charge is -2.14. The molecule has 1 aliphatic rings. The van der Waals surface area contributed by atoms with Gasteiger partial charge in [-0.3, -0.25) is 0 Å². The van der Waals surface area contributed by atoms with Crippen LogP contribution < -0.4 is 19.5 Å². The van der Waals surface area contributed by atoms with Gasteiger partial charge in [-0.1, -0.05) is 6.92 Å².